The second-order valence-corrected chi connectivity index (χ2v) is 3.77. The van der Waals surface area contributed by atoms with E-state index in [9.17, 15) is 13.2 Å². The van der Waals surface area contributed by atoms with Crippen molar-refractivity contribution in [3.05, 3.63) is 29.3 Å². The fraction of sp³-hybridized carbons (Fsp3) is 0.455. The normalized spacial score (nSPS) is 11.6. The van der Waals surface area contributed by atoms with Gasteiger partial charge in [0.1, 0.15) is 0 Å². The van der Waals surface area contributed by atoms with E-state index in [0.29, 0.717) is 12.1 Å². The highest BCUT2D eigenvalue weighted by Gasteiger charge is 2.34. The molecular formula is C11H15F3N2. The number of hydrogen-bond acceptors (Lipinski definition) is 2. The summed E-state index contributed by atoms with van der Waals surface area (Å²) >= 11 is 0. The Labute approximate surface area is 93.1 Å². The molecule has 0 atom stereocenters. The van der Waals surface area contributed by atoms with Crippen LogP contribution in [-0.2, 0) is 12.7 Å². The Hall–Kier alpha value is -1.23. The largest absolute Gasteiger partial charge is 0.418 e. The van der Waals surface area contributed by atoms with Crippen molar-refractivity contribution in [3.63, 3.8) is 0 Å². The topological polar surface area (TPSA) is 15.3 Å². The van der Waals surface area contributed by atoms with Crippen LogP contribution in [0.15, 0.2) is 18.2 Å². The third-order valence-corrected chi connectivity index (χ3v) is 2.23. The third-order valence-electron chi connectivity index (χ3n) is 2.23. The molecule has 90 valence electrons. The van der Waals surface area contributed by atoms with Gasteiger partial charge in [-0.1, -0.05) is 6.07 Å². The van der Waals surface area contributed by atoms with E-state index >= 15 is 0 Å². The van der Waals surface area contributed by atoms with Gasteiger partial charge in [0.2, 0.25) is 0 Å². The summed E-state index contributed by atoms with van der Waals surface area (Å²) < 4.78 is 38.3. The molecule has 0 unspecified atom stereocenters. The van der Waals surface area contributed by atoms with Gasteiger partial charge in [-0.3, -0.25) is 0 Å². The molecular weight excluding hydrogens is 217 g/mol. The zero-order valence-corrected chi connectivity index (χ0v) is 9.52. The molecule has 16 heavy (non-hydrogen) atoms. The lowest BCUT2D eigenvalue weighted by atomic mass is 10.1. The van der Waals surface area contributed by atoms with Crippen molar-refractivity contribution in [2.45, 2.75) is 12.7 Å². The lowest BCUT2D eigenvalue weighted by molar-refractivity contribution is -0.137. The molecule has 2 nitrogen and oxygen atoms in total. The first-order valence-corrected chi connectivity index (χ1v) is 4.88. The van der Waals surface area contributed by atoms with Crippen LogP contribution in [-0.4, -0.2) is 21.1 Å². The van der Waals surface area contributed by atoms with Crippen molar-refractivity contribution in [2.24, 2.45) is 0 Å². The molecule has 0 radical (unpaired) electrons. The molecule has 0 fully saturated rings. The summed E-state index contributed by atoms with van der Waals surface area (Å²) in [4.78, 5) is 1.46. The Morgan fingerprint density at radius 1 is 1.25 bits per heavy atom. The first-order valence-electron chi connectivity index (χ1n) is 4.88. The summed E-state index contributed by atoms with van der Waals surface area (Å²) in [5.41, 5.74) is 0.220. The van der Waals surface area contributed by atoms with E-state index in [0.717, 1.165) is 0 Å². The van der Waals surface area contributed by atoms with Gasteiger partial charge in [0.25, 0.3) is 0 Å². The summed E-state index contributed by atoms with van der Waals surface area (Å²) in [6, 6.07) is 4.38. The van der Waals surface area contributed by atoms with Gasteiger partial charge in [-0.05, 0) is 24.7 Å². The van der Waals surface area contributed by atoms with E-state index in [-0.39, 0.29) is 5.69 Å². The number of halogens is 3. The number of benzene rings is 1. The van der Waals surface area contributed by atoms with Gasteiger partial charge in [0, 0.05) is 26.3 Å². The summed E-state index contributed by atoms with van der Waals surface area (Å²) in [5, 5.41) is 2.83. The van der Waals surface area contributed by atoms with Gasteiger partial charge in [-0.2, -0.15) is 13.2 Å². The van der Waals surface area contributed by atoms with Crippen LogP contribution >= 0.6 is 0 Å². The smallest absolute Gasteiger partial charge is 0.377 e. The minimum atomic E-state index is -4.32. The van der Waals surface area contributed by atoms with Crippen LogP contribution in [0.25, 0.3) is 0 Å². The standard InChI is InChI=1S/C11H15F3N2/c1-15-7-8-4-5-10(16(2)3)9(6-8)11(12,13)14/h4-6,15H,7H2,1-3H3. The second-order valence-electron chi connectivity index (χ2n) is 3.77. The van der Waals surface area contributed by atoms with Gasteiger partial charge >= 0.3 is 6.18 Å². The van der Waals surface area contributed by atoms with Crippen LogP contribution in [0.5, 0.6) is 0 Å². The molecule has 0 heterocycles. The molecule has 5 heteroatoms. The molecule has 1 N–H and O–H groups in total. The summed E-state index contributed by atoms with van der Waals surface area (Å²) in [5.74, 6) is 0. The SMILES string of the molecule is CNCc1ccc(N(C)C)c(C(F)(F)F)c1. The van der Waals surface area contributed by atoms with E-state index in [1.165, 1.54) is 17.0 Å². The van der Waals surface area contributed by atoms with Gasteiger partial charge in [-0.25, -0.2) is 0 Å². The molecule has 0 aliphatic rings. The van der Waals surface area contributed by atoms with Crippen molar-refractivity contribution in [1.29, 1.82) is 0 Å². The fourth-order valence-corrected chi connectivity index (χ4v) is 1.51. The number of alkyl halides is 3. The number of nitrogens with one attached hydrogen (secondary N) is 1. The van der Waals surface area contributed by atoms with Gasteiger partial charge in [0.05, 0.1) is 5.56 Å². The minimum Gasteiger partial charge on any atom is -0.377 e. The molecule has 0 saturated carbocycles. The molecule has 0 amide bonds. The summed E-state index contributed by atoms with van der Waals surface area (Å²) in [6.07, 6.45) is -4.32. The molecule has 1 aromatic carbocycles. The third kappa shape index (κ3) is 2.88. The van der Waals surface area contributed by atoms with Crippen LogP contribution in [0.4, 0.5) is 18.9 Å². The number of anilines is 1. The van der Waals surface area contributed by atoms with E-state index in [4.69, 9.17) is 0 Å². The maximum atomic E-state index is 12.8. The Morgan fingerprint density at radius 3 is 2.31 bits per heavy atom. The average molecular weight is 232 g/mol. The Bertz CT molecular complexity index is 359. The van der Waals surface area contributed by atoms with Crippen LogP contribution < -0.4 is 10.2 Å². The molecule has 0 aliphatic heterocycles. The second kappa shape index (κ2) is 4.74. The van der Waals surface area contributed by atoms with Crippen molar-refractivity contribution < 1.29 is 13.2 Å². The van der Waals surface area contributed by atoms with E-state index in [2.05, 4.69) is 5.32 Å². The molecule has 0 bridgehead atoms. The number of hydrogen-bond donors (Lipinski definition) is 1. The molecule has 0 aliphatic carbocycles. The zero-order chi connectivity index (χ0) is 12.3. The zero-order valence-electron chi connectivity index (χ0n) is 9.52. The first-order chi connectivity index (χ1) is 7.36. The minimum absolute atomic E-state index is 0.187. The van der Waals surface area contributed by atoms with Crippen LogP contribution in [0, 0.1) is 0 Å². The predicted octanol–water partition coefficient (Wildman–Crippen LogP) is 2.49. The molecule has 0 spiro atoms. The van der Waals surface area contributed by atoms with E-state index in [1.54, 1.807) is 27.2 Å². The Kier molecular flexibility index (Phi) is 3.80. The van der Waals surface area contributed by atoms with E-state index < -0.39 is 11.7 Å². The Balaban J connectivity index is 3.22. The number of rotatable bonds is 3. The van der Waals surface area contributed by atoms with Crippen molar-refractivity contribution >= 4 is 5.69 Å². The Morgan fingerprint density at radius 2 is 1.88 bits per heavy atom. The van der Waals surface area contributed by atoms with Crippen molar-refractivity contribution in [2.75, 3.05) is 26.0 Å². The molecule has 0 aromatic heterocycles. The monoisotopic (exact) mass is 232 g/mol. The van der Waals surface area contributed by atoms with Gasteiger partial charge in [-0.15, -0.1) is 0 Å². The quantitative estimate of drug-likeness (QED) is 0.861. The maximum absolute atomic E-state index is 12.8. The highest BCUT2D eigenvalue weighted by molar-refractivity contribution is 5.55. The highest BCUT2D eigenvalue weighted by Crippen LogP contribution is 2.36. The fourth-order valence-electron chi connectivity index (χ4n) is 1.51. The lowest BCUT2D eigenvalue weighted by Gasteiger charge is -2.20. The van der Waals surface area contributed by atoms with E-state index in [1.807, 2.05) is 0 Å². The molecule has 1 rings (SSSR count). The van der Waals surface area contributed by atoms with Crippen LogP contribution in [0.1, 0.15) is 11.1 Å². The van der Waals surface area contributed by atoms with Gasteiger partial charge in [0.15, 0.2) is 0 Å². The highest BCUT2D eigenvalue weighted by atomic mass is 19.4. The first kappa shape index (κ1) is 12.8. The van der Waals surface area contributed by atoms with Crippen LogP contribution in [0.2, 0.25) is 0 Å². The van der Waals surface area contributed by atoms with Crippen molar-refractivity contribution in [1.82, 2.24) is 5.32 Å². The van der Waals surface area contributed by atoms with Crippen LogP contribution in [0.3, 0.4) is 0 Å². The maximum Gasteiger partial charge on any atom is 0.418 e. The van der Waals surface area contributed by atoms with Crippen molar-refractivity contribution in [3.8, 4) is 0 Å². The number of nitrogens with zero attached hydrogens (tertiary/aromatic N) is 1. The molecule has 1 aromatic rings. The lowest BCUT2D eigenvalue weighted by Crippen LogP contribution is -2.17. The predicted molar refractivity (Wildman–Crippen MR) is 58.5 cm³/mol. The summed E-state index contributed by atoms with van der Waals surface area (Å²) in [6.45, 7) is 0.427. The van der Waals surface area contributed by atoms with Gasteiger partial charge < -0.3 is 10.2 Å². The summed E-state index contributed by atoms with van der Waals surface area (Å²) in [7, 11) is 4.90. The molecule has 0 saturated heterocycles. The average Bonchev–Trinajstić information content (AvgIpc) is 2.16.